The van der Waals surface area contributed by atoms with Crippen molar-refractivity contribution in [3.63, 3.8) is 0 Å². The second-order valence-corrected chi connectivity index (χ2v) is 5.53. The average Bonchev–Trinajstić information content (AvgIpc) is 2.94. The molecule has 0 aromatic heterocycles. The summed E-state index contributed by atoms with van der Waals surface area (Å²) in [6, 6.07) is 7.99. The normalized spacial score (nSPS) is 18.3. The van der Waals surface area contributed by atoms with E-state index < -0.39 is 0 Å². The lowest BCUT2D eigenvalue weighted by atomic mass is 10.2. The molecular formula is C14H19BrN2O2. The van der Waals surface area contributed by atoms with Gasteiger partial charge in [-0.1, -0.05) is 12.1 Å². The lowest BCUT2D eigenvalue weighted by Gasteiger charge is -2.23. The molecule has 4 nitrogen and oxygen atoms in total. The highest BCUT2D eigenvalue weighted by Crippen LogP contribution is 2.23. The fraction of sp³-hybridized carbons (Fsp3) is 0.500. The number of hydrogen-bond acceptors (Lipinski definition) is 3. The summed E-state index contributed by atoms with van der Waals surface area (Å²) in [5, 5.41) is 3.27. The number of nitrogens with zero attached hydrogens (tertiary/aromatic N) is 1. The maximum atomic E-state index is 12.0. The molecule has 1 unspecified atom stereocenters. The summed E-state index contributed by atoms with van der Waals surface area (Å²) in [4.78, 5) is 13.8. The number of halogens is 1. The van der Waals surface area contributed by atoms with Gasteiger partial charge in [0.25, 0.3) is 0 Å². The second kappa shape index (κ2) is 6.91. The second-order valence-electron chi connectivity index (χ2n) is 4.68. The fourth-order valence-corrected chi connectivity index (χ4v) is 2.56. The molecule has 0 bridgehead atoms. The smallest absolute Gasteiger partial charge is 0.226 e. The number of hydrogen-bond donors (Lipinski definition) is 1. The number of carbonyl (C=O) groups excluding carboxylic acids is 1. The van der Waals surface area contributed by atoms with Crippen LogP contribution in [0.1, 0.15) is 12.8 Å². The van der Waals surface area contributed by atoms with E-state index in [1.54, 1.807) is 0 Å². The van der Waals surface area contributed by atoms with Gasteiger partial charge >= 0.3 is 0 Å². The first-order valence-electron chi connectivity index (χ1n) is 6.52. The molecule has 1 atom stereocenters. The summed E-state index contributed by atoms with van der Waals surface area (Å²) in [6.45, 7) is 2.30. The van der Waals surface area contributed by atoms with Crippen molar-refractivity contribution in [2.75, 3.05) is 26.7 Å². The molecule has 0 saturated carbocycles. The molecule has 2 rings (SSSR count). The van der Waals surface area contributed by atoms with E-state index in [1.165, 1.54) is 0 Å². The lowest BCUT2D eigenvalue weighted by molar-refractivity contribution is -0.132. The van der Waals surface area contributed by atoms with Crippen molar-refractivity contribution in [1.82, 2.24) is 10.2 Å². The molecule has 1 heterocycles. The Morgan fingerprint density at radius 3 is 3.00 bits per heavy atom. The van der Waals surface area contributed by atoms with Gasteiger partial charge in [0.1, 0.15) is 5.75 Å². The molecule has 1 fully saturated rings. The van der Waals surface area contributed by atoms with Gasteiger partial charge in [0.15, 0.2) is 0 Å². The van der Waals surface area contributed by atoms with Gasteiger partial charge in [0.05, 0.1) is 17.5 Å². The molecule has 5 heteroatoms. The standard InChI is InChI=1S/C14H19BrN2O2/c1-17(11-6-8-16-10-11)14(18)7-9-19-13-5-3-2-4-12(13)15/h2-5,11,16H,6-10H2,1H3. The largest absolute Gasteiger partial charge is 0.492 e. The number of para-hydroxylation sites is 1. The SMILES string of the molecule is CN(C(=O)CCOc1ccccc1Br)C1CCNC1. The van der Waals surface area contributed by atoms with Crippen LogP contribution in [0, 0.1) is 0 Å². The van der Waals surface area contributed by atoms with E-state index in [-0.39, 0.29) is 5.91 Å². The quantitative estimate of drug-likeness (QED) is 0.900. The van der Waals surface area contributed by atoms with Crippen LogP contribution in [-0.2, 0) is 4.79 Å². The average molecular weight is 327 g/mol. The van der Waals surface area contributed by atoms with Crippen LogP contribution in [0.3, 0.4) is 0 Å². The van der Waals surface area contributed by atoms with Gasteiger partial charge in [-0.25, -0.2) is 0 Å². The van der Waals surface area contributed by atoms with Crippen LogP contribution in [0.15, 0.2) is 28.7 Å². The van der Waals surface area contributed by atoms with Gasteiger partial charge in [-0.05, 0) is 41.0 Å². The summed E-state index contributed by atoms with van der Waals surface area (Å²) in [6.07, 6.45) is 1.45. The predicted molar refractivity (Wildman–Crippen MR) is 78.3 cm³/mol. The van der Waals surface area contributed by atoms with Gasteiger partial charge < -0.3 is 15.0 Å². The number of carbonyl (C=O) groups is 1. The first kappa shape index (κ1) is 14.3. The molecule has 1 saturated heterocycles. The molecule has 19 heavy (non-hydrogen) atoms. The van der Waals surface area contributed by atoms with Crippen LogP contribution in [0.5, 0.6) is 5.75 Å². The monoisotopic (exact) mass is 326 g/mol. The van der Waals surface area contributed by atoms with Crippen LogP contribution >= 0.6 is 15.9 Å². The molecule has 0 spiro atoms. The zero-order valence-electron chi connectivity index (χ0n) is 11.1. The zero-order chi connectivity index (χ0) is 13.7. The molecule has 1 aliphatic heterocycles. The predicted octanol–water partition coefficient (Wildman–Crippen LogP) is 2.04. The van der Waals surface area contributed by atoms with E-state index in [1.807, 2.05) is 36.2 Å². The number of likely N-dealkylation sites (N-methyl/N-ethyl adjacent to an activating group) is 1. The third-order valence-corrected chi connectivity index (χ3v) is 4.04. The fourth-order valence-electron chi connectivity index (χ4n) is 2.16. The Balaban J connectivity index is 1.76. The van der Waals surface area contributed by atoms with Gasteiger partial charge in [-0.15, -0.1) is 0 Å². The van der Waals surface area contributed by atoms with Crippen LogP contribution < -0.4 is 10.1 Å². The molecule has 104 valence electrons. The molecule has 0 radical (unpaired) electrons. The summed E-state index contributed by atoms with van der Waals surface area (Å²) >= 11 is 3.42. The Morgan fingerprint density at radius 2 is 2.32 bits per heavy atom. The number of amides is 1. The zero-order valence-corrected chi connectivity index (χ0v) is 12.6. The van der Waals surface area contributed by atoms with Crippen molar-refractivity contribution in [2.45, 2.75) is 18.9 Å². The highest BCUT2D eigenvalue weighted by Gasteiger charge is 2.22. The summed E-state index contributed by atoms with van der Waals surface area (Å²) in [7, 11) is 1.87. The molecular weight excluding hydrogens is 308 g/mol. The van der Waals surface area contributed by atoms with Crippen molar-refractivity contribution < 1.29 is 9.53 Å². The maximum absolute atomic E-state index is 12.0. The van der Waals surface area contributed by atoms with Gasteiger partial charge in [0.2, 0.25) is 5.91 Å². The molecule has 1 aromatic rings. The van der Waals surface area contributed by atoms with Crippen molar-refractivity contribution in [1.29, 1.82) is 0 Å². The minimum absolute atomic E-state index is 0.140. The topological polar surface area (TPSA) is 41.6 Å². The van der Waals surface area contributed by atoms with Crippen LogP contribution in [0.25, 0.3) is 0 Å². The van der Waals surface area contributed by atoms with Gasteiger partial charge in [-0.2, -0.15) is 0 Å². The Hall–Kier alpha value is -1.07. The number of benzene rings is 1. The van der Waals surface area contributed by atoms with E-state index in [0.717, 1.165) is 29.7 Å². The molecule has 1 aliphatic rings. The third-order valence-electron chi connectivity index (χ3n) is 3.39. The van der Waals surface area contributed by atoms with Gasteiger partial charge in [-0.3, -0.25) is 4.79 Å². The van der Waals surface area contributed by atoms with E-state index in [4.69, 9.17) is 4.74 Å². The van der Waals surface area contributed by atoms with Crippen molar-refractivity contribution in [3.05, 3.63) is 28.7 Å². The molecule has 1 N–H and O–H groups in total. The van der Waals surface area contributed by atoms with E-state index in [2.05, 4.69) is 21.2 Å². The van der Waals surface area contributed by atoms with Crippen LogP contribution in [-0.4, -0.2) is 43.6 Å². The Morgan fingerprint density at radius 1 is 1.53 bits per heavy atom. The highest BCUT2D eigenvalue weighted by molar-refractivity contribution is 9.10. The van der Waals surface area contributed by atoms with Crippen molar-refractivity contribution in [2.24, 2.45) is 0 Å². The Labute approximate surface area is 122 Å². The molecule has 0 aliphatic carbocycles. The Bertz CT molecular complexity index is 433. The minimum Gasteiger partial charge on any atom is -0.492 e. The first-order chi connectivity index (χ1) is 9.18. The summed E-state index contributed by atoms with van der Waals surface area (Å²) < 4.78 is 6.52. The molecule has 1 aromatic carbocycles. The molecule has 1 amide bonds. The summed E-state index contributed by atoms with van der Waals surface area (Å²) in [5.74, 6) is 0.918. The van der Waals surface area contributed by atoms with Gasteiger partial charge in [0, 0.05) is 19.6 Å². The number of nitrogens with one attached hydrogen (secondary N) is 1. The lowest BCUT2D eigenvalue weighted by Crippen LogP contribution is -2.38. The van der Waals surface area contributed by atoms with E-state index >= 15 is 0 Å². The third kappa shape index (κ3) is 3.94. The Kier molecular flexibility index (Phi) is 5.22. The summed E-state index contributed by atoms with van der Waals surface area (Å²) in [5.41, 5.74) is 0. The maximum Gasteiger partial charge on any atom is 0.226 e. The minimum atomic E-state index is 0.140. The van der Waals surface area contributed by atoms with E-state index in [0.29, 0.717) is 19.1 Å². The van der Waals surface area contributed by atoms with Crippen LogP contribution in [0.2, 0.25) is 0 Å². The highest BCUT2D eigenvalue weighted by atomic mass is 79.9. The number of ether oxygens (including phenoxy) is 1. The van der Waals surface area contributed by atoms with E-state index in [9.17, 15) is 4.79 Å². The first-order valence-corrected chi connectivity index (χ1v) is 7.31. The van der Waals surface area contributed by atoms with Crippen LogP contribution in [0.4, 0.5) is 0 Å². The number of rotatable bonds is 5. The van der Waals surface area contributed by atoms with Crippen molar-refractivity contribution in [3.8, 4) is 5.75 Å². The van der Waals surface area contributed by atoms with Crippen molar-refractivity contribution >= 4 is 21.8 Å².